The van der Waals surface area contributed by atoms with E-state index in [1.165, 1.54) is 0 Å². The van der Waals surface area contributed by atoms with Crippen LogP contribution in [0.25, 0.3) is 0 Å². The monoisotopic (exact) mass is 261 g/mol. The summed E-state index contributed by atoms with van der Waals surface area (Å²) in [5.41, 5.74) is 0.769. The van der Waals surface area contributed by atoms with Gasteiger partial charge in [-0.1, -0.05) is 37.0 Å². The number of aliphatic hydroxyl groups is 1. The lowest BCUT2D eigenvalue weighted by Crippen LogP contribution is -2.34. The van der Waals surface area contributed by atoms with Gasteiger partial charge in [0.05, 0.1) is 10.7 Å². The van der Waals surface area contributed by atoms with Gasteiger partial charge in [-0.3, -0.25) is 0 Å². The summed E-state index contributed by atoms with van der Waals surface area (Å²) in [4.78, 5) is 2.02. The van der Waals surface area contributed by atoms with E-state index in [0.29, 0.717) is 10.0 Å². The van der Waals surface area contributed by atoms with E-state index in [1.54, 1.807) is 6.07 Å². The van der Waals surface area contributed by atoms with E-state index in [-0.39, 0.29) is 12.0 Å². The van der Waals surface area contributed by atoms with Crippen LogP contribution >= 0.6 is 23.2 Å². The maximum Gasteiger partial charge on any atom is 0.0654 e. The number of benzene rings is 1. The summed E-state index contributed by atoms with van der Waals surface area (Å²) < 4.78 is 0. The molecule has 90 valence electrons. The molecule has 0 aliphatic heterocycles. The van der Waals surface area contributed by atoms with E-state index in [2.05, 4.69) is 0 Å². The largest absolute Gasteiger partial charge is 0.396 e. The second kappa shape index (κ2) is 5.26. The second-order valence-electron chi connectivity index (χ2n) is 4.77. The van der Waals surface area contributed by atoms with Crippen molar-refractivity contribution in [1.29, 1.82) is 0 Å². The van der Waals surface area contributed by atoms with Gasteiger partial charge in [-0.05, 0) is 18.2 Å². The van der Waals surface area contributed by atoms with Crippen LogP contribution in [0.4, 0.5) is 5.69 Å². The van der Waals surface area contributed by atoms with Gasteiger partial charge in [0.1, 0.15) is 0 Å². The standard InChI is InChI=1S/C12H17Cl2NO/c1-12(2,8-16)7-15(3)11-5-4-9(13)6-10(11)14/h4-6,16H,7-8H2,1-3H3. The third-order valence-electron chi connectivity index (χ3n) is 2.41. The molecule has 0 aliphatic rings. The number of anilines is 1. The Bertz CT molecular complexity index is 366. The van der Waals surface area contributed by atoms with Crippen molar-refractivity contribution in [1.82, 2.24) is 0 Å². The molecule has 2 nitrogen and oxygen atoms in total. The van der Waals surface area contributed by atoms with E-state index in [0.717, 1.165) is 12.2 Å². The molecule has 0 saturated heterocycles. The van der Waals surface area contributed by atoms with Gasteiger partial charge in [0.25, 0.3) is 0 Å². The van der Waals surface area contributed by atoms with E-state index in [1.807, 2.05) is 37.9 Å². The van der Waals surface area contributed by atoms with Gasteiger partial charge in [0.15, 0.2) is 0 Å². The molecule has 16 heavy (non-hydrogen) atoms. The van der Waals surface area contributed by atoms with E-state index < -0.39 is 0 Å². The highest BCUT2D eigenvalue weighted by atomic mass is 35.5. The maximum atomic E-state index is 9.22. The lowest BCUT2D eigenvalue weighted by Gasteiger charge is -2.30. The smallest absolute Gasteiger partial charge is 0.0654 e. The van der Waals surface area contributed by atoms with Crippen molar-refractivity contribution < 1.29 is 5.11 Å². The predicted molar refractivity (Wildman–Crippen MR) is 70.6 cm³/mol. The van der Waals surface area contributed by atoms with E-state index in [9.17, 15) is 5.11 Å². The fourth-order valence-corrected chi connectivity index (χ4v) is 2.12. The topological polar surface area (TPSA) is 23.5 Å². The molecule has 1 rings (SSSR count). The first kappa shape index (κ1) is 13.6. The first-order valence-electron chi connectivity index (χ1n) is 5.13. The Kier molecular flexibility index (Phi) is 4.48. The Balaban J connectivity index is 2.84. The molecule has 4 heteroatoms. The fraction of sp³-hybridized carbons (Fsp3) is 0.500. The molecule has 0 spiro atoms. The minimum Gasteiger partial charge on any atom is -0.396 e. The quantitative estimate of drug-likeness (QED) is 0.898. The Morgan fingerprint density at radius 2 is 1.94 bits per heavy atom. The third-order valence-corrected chi connectivity index (χ3v) is 2.95. The van der Waals surface area contributed by atoms with Crippen molar-refractivity contribution in [3.8, 4) is 0 Å². The summed E-state index contributed by atoms with van der Waals surface area (Å²) in [6.45, 7) is 4.88. The number of hydrogen-bond donors (Lipinski definition) is 1. The molecule has 0 radical (unpaired) electrons. The van der Waals surface area contributed by atoms with Gasteiger partial charge in [0, 0.05) is 30.6 Å². The average Bonchev–Trinajstić information content (AvgIpc) is 2.16. The molecular weight excluding hydrogens is 245 g/mol. The normalized spacial score (nSPS) is 11.6. The number of rotatable bonds is 4. The second-order valence-corrected chi connectivity index (χ2v) is 5.62. The molecule has 0 amide bonds. The molecule has 0 unspecified atom stereocenters. The molecule has 0 atom stereocenters. The van der Waals surface area contributed by atoms with Crippen LogP contribution in [-0.4, -0.2) is 25.3 Å². The minimum atomic E-state index is -0.155. The van der Waals surface area contributed by atoms with Crippen molar-refractivity contribution in [2.75, 3.05) is 25.1 Å². The first-order valence-corrected chi connectivity index (χ1v) is 5.88. The zero-order valence-electron chi connectivity index (χ0n) is 9.80. The summed E-state index contributed by atoms with van der Waals surface area (Å²) in [6.07, 6.45) is 0. The maximum absolute atomic E-state index is 9.22. The highest BCUT2D eigenvalue weighted by molar-refractivity contribution is 6.36. The zero-order chi connectivity index (χ0) is 12.3. The van der Waals surface area contributed by atoms with Crippen LogP contribution in [0, 0.1) is 5.41 Å². The molecule has 0 fully saturated rings. The fourth-order valence-electron chi connectivity index (χ4n) is 1.57. The Morgan fingerprint density at radius 1 is 1.31 bits per heavy atom. The Labute approximate surface area is 107 Å². The van der Waals surface area contributed by atoms with Crippen molar-refractivity contribution in [2.24, 2.45) is 5.41 Å². The van der Waals surface area contributed by atoms with Gasteiger partial charge >= 0.3 is 0 Å². The molecule has 0 saturated carbocycles. The molecular formula is C12H17Cl2NO. The predicted octanol–water partition coefficient (Wildman–Crippen LogP) is 3.45. The van der Waals surface area contributed by atoms with Gasteiger partial charge < -0.3 is 10.0 Å². The van der Waals surface area contributed by atoms with Crippen LogP contribution in [0.1, 0.15) is 13.8 Å². The third kappa shape index (κ3) is 3.55. The van der Waals surface area contributed by atoms with Gasteiger partial charge in [0.2, 0.25) is 0 Å². The highest BCUT2D eigenvalue weighted by Gasteiger charge is 2.20. The van der Waals surface area contributed by atoms with Crippen LogP contribution in [0.15, 0.2) is 18.2 Å². The van der Waals surface area contributed by atoms with Crippen molar-refractivity contribution in [3.63, 3.8) is 0 Å². The summed E-state index contributed by atoms with van der Waals surface area (Å²) in [5, 5.41) is 10.5. The highest BCUT2D eigenvalue weighted by Crippen LogP contribution is 2.29. The van der Waals surface area contributed by atoms with E-state index >= 15 is 0 Å². The summed E-state index contributed by atoms with van der Waals surface area (Å²) in [5.74, 6) is 0. The molecule has 0 bridgehead atoms. The average molecular weight is 262 g/mol. The van der Waals surface area contributed by atoms with Crippen LogP contribution in [0.5, 0.6) is 0 Å². The van der Waals surface area contributed by atoms with Crippen LogP contribution in [0.2, 0.25) is 10.0 Å². The summed E-state index contributed by atoms with van der Waals surface area (Å²) in [6, 6.07) is 5.42. The number of hydrogen-bond acceptors (Lipinski definition) is 2. The number of halogens is 2. The zero-order valence-corrected chi connectivity index (χ0v) is 11.3. The summed E-state index contributed by atoms with van der Waals surface area (Å²) >= 11 is 11.9. The van der Waals surface area contributed by atoms with Crippen LogP contribution in [-0.2, 0) is 0 Å². The van der Waals surface area contributed by atoms with Gasteiger partial charge in [-0.15, -0.1) is 0 Å². The molecule has 0 aliphatic carbocycles. The molecule has 1 N–H and O–H groups in total. The van der Waals surface area contributed by atoms with Crippen LogP contribution < -0.4 is 4.90 Å². The molecule has 0 aromatic heterocycles. The van der Waals surface area contributed by atoms with Gasteiger partial charge in [-0.2, -0.15) is 0 Å². The molecule has 0 heterocycles. The summed E-state index contributed by atoms with van der Waals surface area (Å²) in [7, 11) is 1.95. The van der Waals surface area contributed by atoms with Crippen molar-refractivity contribution in [3.05, 3.63) is 28.2 Å². The molecule has 1 aromatic carbocycles. The van der Waals surface area contributed by atoms with Crippen molar-refractivity contribution >= 4 is 28.9 Å². The van der Waals surface area contributed by atoms with Crippen molar-refractivity contribution in [2.45, 2.75) is 13.8 Å². The molecule has 1 aromatic rings. The lowest BCUT2D eigenvalue weighted by molar-refractivity contribution is 0.165. The first-order chi connectivity index (χ1) is 7.35. The lowest BCUT2D eigenvalue weighted by atomic mass is 9.94. The Hall–Kier alpha value is -0.440. The number of aliphatic hydroxyl groups excluding tert-OH is 1. The number of nitrogens with zero attached hydrogens (tertiary/aromatic N) is 1. The Morgan fingerprint density at radius 3 is 2.44 bits per heavy atom. The minimum absolute atomic E-state index is 0.141. The van der Waals surface area contributed by atoms with Crippen LogP contribution in [0.3, 0.4) is 0 Å². The van der Waals surface area contributed by atoms with E-state index in [4.69, 9.17) is 23.2 Å². The SMILES string of the molecule is CN(CC(C)(C)CO)c1ccc(Cl)cc1Cl. The van der Waals surface area contributed by atoms with Gasteiger partial charge in [-0.25, -0.2) is 0 Å².